The molecule has 3 aliphatic heterocycles. The Morgan fingerprint density at radius 2 is 2.03 bits per heavy atom. The second-order valence-electron chi connectivity index (χ2n) is 11.5. The van der Waals surface area contributed by atoms with Gasteiger partial charge in [-0.2, -0.15) is 13.2 Å². The Labute approximate surface area is 213 Å². The average Bonchev–Trinajstić information content (AvgIpc) is 3.46. The van der Waals surface area contributed by atoms with Crippen LogP contribution in [0, 0.1) is 5.41 Å². The van der Waals surface area contributed by atoms with E-state index in [4.69, 9.17) is 9.47 Å². The summed E-state index contributed by atoms with van der Waals surface area (Å²) in [5.74, 6) is -1.02. The fraction of sp³-hybridized carbons (Fsp3) is 0.800. The maximum atomic E-state index is 14.0. The highest BCUT2D eigenvalue weighted by atomic mass is 19.4. The zero-order valence-electron chi connectivity index (χ0n) is 21.1. The molecule has 37 heavy (non-hydrogen) atoms. The number of rotatable bonds is 4. The number of halogens is 3. The topological polar surface area (TPSA) is 100 Å². The molecule has 0 bridgehead atoms. The normalized spacial score (nSPS) is 39.0. The third-order valence-corrected chi connectivity index (χ3v) is 9.60. The monoisotopic (exact) mass is 525 g/mol. The van der Waals surface area contributed by atoms with Crippen molar-refractivity contribution in [3.8, 4) is 0 Å². The van der Waals surface area contributed by atoms with Crippen molar-refractivity contribution in [2.75, 3.05) is 38.3 Å². The summed E-state index contributed by atoms with van der Waals surface area (Å²) in [6.07, 6.45) is 0.431. The van der Waals surface area contributed by atoms with Gasteiger partial charge in [-0.05, 0) is 51.5 Å². The van der Waals surface area contributed by atoms with Crippen molar-refractivity contribution in [1.82, 2.24) is 20.2 Å². The van der Waals surface area contributed by atoms with Crippen LogP contribution in [-0.4, -0.2) is 94.7 Å². The van der Waals surface area contributed by atoms with Crippen LogP contribution < -0.4 is 10.2 Å². The first-order valence-electron chi connectivity index (χ1n) is 13.1. The smallest absolute Gasteiger partial charge is 0.387 e. The van der Waals surface area contributed by atoms with Gasteiger partial charge in [0.05, 0.1) is 35.3 Å². The molecule has 6 atom stereocenters. The van der Waals surface area contributed by atoms with Crippen LogP contribution in [0.4, 0.5) is 19.0 Å². The van der Waals surface area contributed by atoms with Gasteiger partial charge in [0.2, 0.25) is 11.7 Å². The van der Waals surface area contributed by atoms with Gasteiger partial charge in [0.15, 0.2) is 0 Å². The Bertz CT molecular complexity index is 1070. The van der Waals surface area contributed by atoms with Crippen LogP contribution in [0.5, 0.6) is 0 Å². The SMILES string of the molecule is CO[C@@H]1COCC[C@@H]1N[C@@H]1CC[C@@]2(C1)C(=O)N1CCN(c3ccnc(C(F)(F)F)n3)C3(CC3)C1C2(C)O. The number of fused-ring (bicyclic) bond motifs is 2. The summed E-state index contributed by atoms with van der Waals surface area (Å²) in [5.41, 5.74) is -2.91. The standard InChI is InChI=1S/C25H34F3N5O4/c1-22(35)19-24(7-8-24)33(18-4-9-29-20(31-18)25(26,27)28)11-10-32(19)21(34)23(22)6-3-15(13-23)30-16-5-12-37-14-17(16)36-2/h4,9,15-17,19,30,35H,3,5-8,10-14H2,1-2H3/t15-,16+,17-,19?,22?,23-/m1/s1. The van der Waals surface area contributed by atoms with Gasteiger partial charge in [-0.25, -0.2) is 9.97 Å². The van der Waals surface area contributed by atoms with Gasteiger partial charge in [0.25, 0.3) is 0 Å². The number of hydrogen-bond acceptors (Lipinski definition) is 8. The van der Waals surface area contributed by atoms with Crippen LogP contribution in [0.3, 0.4) is 0 Å². The summed E-state index contributed by atoms with van der Waals surface area (Å²) in [4.78, 5) is 24.9. The van der Waals surface area contributed by atoms with E-state index in [9.17, 15) is 23.1 Å². The van der Waals surface area contributed by atoms with E-state index in [1.807, 2.05) is 9.80 Å². The number of aromatic nitrogens is 2. The van der Waals surface area contributed by atoms with Crippen LogP contribution >= 0.6 is 0 Å². The number of anilines is 1. The summed E-state index contributed by atoms with van der Waals surface area (Å²) < 4.78 is 51.1. The van der Waals surface area contributed by atoms with Gasteiger partial charge < -0.3 is 29.7 Å². The minimum absolute atomic E-state index is 0.0355. The molecule has 2 N–H and O–H groups in total. The van der Waals surface area contributed by atoms with Crippen LogP contribution in [0.25, 0.3) is 0 Å². The van der Waals surface area contributed by atoms with Crippen LogP contribution in [-0.2, 0) is 20.4 Å². The maximum Gasteiger partial charge on any atom is 0.451 e. The lowest BCUT2D eigenvalue weighted by molar-refractivity contribution is -0.145. The molecule has 5 aliphatic rings. The Morgan fingerprint density at radius 1 is 1.24 bits per heavy atom. The Kier molecular flexibility index (Phi) is 5.80. The van der Waals surface area contributed by atoms with Crippen molar-refractivity contribution in [2.24, 2.45) is 5.41 Å². The number of nitrogens with one attached hydrogen (secondary N) is 1. The molecule has 2 unspecified atom stereocenters. The first kappa shape index (κ1) is 25.3. The lowest BCUT2D eigenvalue weighted by Gasteiger charge is -2.50. The van der Waals surface area contributed by atoms with Crippen LogP contribution in [0.2, 0.25) is 0 Å². The Balaban J connectivity index is 1.27. The van der Waals surface area contributed by atoms with E-state index in [1.54, 1.807) is 14.0 Å². The first-order chi connectivity index (χ1) is 17.5. The number of carbonyl (C=O) groups excluding carboxylic acids is 1. The molecule has 1 aromatic heterocycles. The van der Waals surface area contributed by atoms with Crippen LogP contribution in [0.15, 0.2) is 12.3 Å². The van der Waals surface area contributed by atoms with Crippen molar-refractivity contribution in [2.45, 2.75) is 87.0 Å². The van der Waals surface area contributed by atoms with Crippen molar-refractivity contribution in [3.05, 3.63) is 18.1 Å². The van der Waals surface area contributed by atoms with E-state index in [-0.39, 0.29) is 29.9 Å². The molecule has 0 radical (unpaired) electrons. The zero-order valence-corrected chi connectivity index (χ0v) is 21.1. The first-order valence-corrected chi connectivity index (χ1v) is 13.1. The molecular weight excluding hydrogens is 491 g/mol. The Morgan fingerprint density at radius 3 is 2.73 bits per heavy atom. The summed E-state index contributed by atoms with van der Waals surface area (Å²) in [6, 6.07) is 1.15. The highest BCUT2D eigenvalue weighted by Crippen LogP contribution is 2.63. The number of hydrogen-bond donors (Lipinski definition) is 2. The summed E-state index contributed by atoms with van der Waals surface area (Å²) in [6.45, 7) is 3.63. The highest BCUT2D eigenvalue weighted by molar-refractivity contribution is 5.89. The predicted molar refractivity (Wildman–Crippen MR) is 126 cm³/mol. The van der Waals surface area contributed by atoms with Crippen molar-refractivity contribution in [1.29, 1.82) is 0 Å². The van der Waals surface area contributed by atoms with Gasteiger partial charge in [-0.1, -0.05) is 0 Å². The largest absolute Gasteiger partial charge is 0.451 e. The second-order valence-corrected chi connectivity index (χ2v) is 11.5. The van der Waals surface area contributed by atoms with Crippen molar-refractivity contribution in [3.63, 3.8) is 0 Å². The molecule has 5 fully saturated rings. The molecule has 0 aromatic carbocycles. The molecule has 1 amide bonds. The number of alkyl halides is 3. The van der Waals surface area contributed by atoms with E-state index in [1.165, 1.54) is 6.07 Å². The second kappa shape index (κ2) is 8.49. The average molecular weight is 526 g/mol. The van der Waals surface area contributed by atoms with Gasteiger partial charge in [0.1, 0.15) is 5.82 Å². The van der Waals surface area contributed by atoms with Gasteiger partial charge in [-0.3, -0.25) is 4.79 Å². The fourth-order valence-electron chi connectivity index (χ4n) is 7.73. The third-order valence-electron chi connectivity index (χ3n) is 9.60. The minimum atomic E-state index is -4.65. The highest BCUT2D eigenvalue weighted by Gasteiger charge is 2.76. The number of methoxy groups -OCH3 is 1. The molecule has 1 aromatic rings. The molecule has 2 aliphatic carbocycles. The number of ether oxygens (including phenoxy) is 2. The lowest BCUT2D eigenvalue weighted by atomic mass is 9.68. The quantitative estimate of drug-likeness (QED) is 0.614. The van der Waals surface area contributed by atoms with E-state index in [0.29, 0.717) is 52.0 Å². The van der Waals surface area contributed by atoms with E-state index >= 15 is 0 Å². The number of carbonyl (C=O) groups is 1. The molecule has 2 saturated carbocycles. The number of piperazine rings is 1. The van der Waals surface area contributed by atoms with Crippen LogP contribution in [0.1, 0.15) is 51.3 Å². The third kappa shape index (κ3) is 3.70. The molecule has 12 heteroatoms. The number of nitrogens with zero attached hydrogens (tertiary/aromatic N) is 4. The summed E-state index contributed by atoms with van der Waals surface area (Å²) in [5, 5.41) is 15.9. The zero-order chi connectivity index (χ0) is 26.2. The van der Waals surface area contributed by atoms with E-state index < -0.39 is 34.6 Å². The van der Waals surface area contributed by atoms with Gasteiger partial charge in [0, 0.05) is 45.1 Å². The maximum absolute atomic E-state index is 14.0. The molecule has 2 spiro atoms. The molecular formula is C25H34F3N5O4. The Hall–Kier alpha value is -2.02. The molecule has 3 saturated heterocycles. The molecule has 6 rings (SSSR count). The molecule has 204 valence electrons. The van der Waals surface area contributed by atoms with Gasteiger partial charge in [-0.15, -0.1) is 0 Å². The molecule has 9 nitrogen and oxygen atoms in total. The lowest BCUT2D eigenvalue weighted by Crippen LogP contribution is -2.66. The van der Waals surface area contributed by atoms with Crippen molar-refractivity contribution >= 4 is 11.7 Å². The fourth-order valence-corrected chi connectivity index (χ4v) is 7.73. The number of aliphatic hydroxyl groups is 1. The van der Waals surface area contributed by atoms with E-state index in [2.05, 4.69) is 15.3 Å². The van der Waals surface area contributed by atoms with Gasteiger partial charge >= 0.3 is 6.18 Å². The number of amides is 1. The molecule has 4 heterocycles. The minimum Gasteiger partial charge on any atom is -0.387 e. The predicted octanol–water partition coefficient (Wildman–Crippen LogP) is 1.74. The summed E-state index contributed by atoms with van der Waals surface area (Å²) >= 11 is 0. The summed E-state index contributed by atoms with van der Waals surface area (Å²) in [7, 11) is 1.67. The van der Waals surface area contributed by atoms with E-state index in [0.717, 1.165) is 19.0 Å². The van der Waals surface area contributed by atoms with Crippen molar-refractivity contribution < 1.29 is 32.5 Å².